The van der Waals surface area contributed by atoms with Gasteiger partial charge in [-0.05, 0) is 24.9 Å². The molecule has 0 radical (unpaired) electrons. The summed E-state index contributed by atoms with van der Waals surface area (Å²) in [7, 11) is 0. The zero-order valence-corrected chi connectivity index (χ0v) is 8.31. The molecule has 1 unspecified atom stereocenters. The minimum absolute atomic E-state index is 0.405. The first-order valence-corrected chi connectivity index (χ1v) is 4.69. The van der Waals surface area contributed by atoms with E-state index in [9.17, 15) is 4.79 Å². The number of carbonyl (C=O) groups is 1. The van der Waals surface area contributed by atoms with Crippen LogP contribution in [0.4, 0.5) is 0 Å². The van der Waals surface area contributed by atoms with E-state index in [2.05, 4.69) is 15.3 Å². The van der Waals surface area contributed by atoms with E-state index in [1.54, 1.807) is 0 Å². The molecule has 6 nitrogen and oxygen atoms in total. The molecule has 6 heteroatoms. The molecule has 0 aliphatic heterocycles. The maximum absolute atomic E-state index is 10.7. The summed E-state index contributed by atoms with van der Waals surface area (Å²) in [6.45, 7) is 2.91. The van der Waals surface area contributed by atoms with Crippen LogP contribution in [0, 0.1) is 0 Å². The fourth-order valence-corrected chi connectivity index (χ4v) is 1.07. The minimum atomic E-state index is -0.823. The summed E-state index contributed by atoms with van der Waals surface area (Å²) in [5.41, 5.74) is 7.99. The molecule has 0 aromatic heterocycles. The van der Waals surface area contributed by atoms with Crippen molar-refractivity contribution in [3.63, 3.8) is 0 Å². The van der Waals surface area contributed by atoms with Crippen LogP contribution in [0.15, 0.2) is 5.11 Å². The van der Waals surface area contributed by atoms with Gasteiger partial charge in [-0.3, -0.25) is 4.79 Å². The lowest BCUT2D eigenvalue weighted by atomic mass is 10.1. The van der Waals surface area contributed by atoms with E-state index in [-0.39, 0.29) is 0 Å². The second-order valence-electron chi connectivity index (χ2n) is 2.94. The quantitative estimate of drug-likeness (QED) is 0.269. The highest BCUT2D eigenvalue weighted by atomic mass is 16.4. The largest absolute Gasteiger partial charge is 0.480 e. The summed E-state index contributed by atoms with van der Waals surface area (Å²) in [6, 6.07) is -0.480. The van der Waals surface area contributed by atoms with Crippen LogP contribution in [0.5, 0.6) is 0 Å². The molecule has 0 saturated heterocycles. The number of rotatable bonds is 8. The number of carboxylic acids is 1. The van der Waals surface area contributed by atoms with Crippen LogP contribution in [0.1, 0.15) is 26.2 Å². The Balaban J connectivity index is 3.60. The molecule has 0 heterocycles. The summed E-state index contributed by atoms with van der Waals surface area (Å²) >= 11 is 0. The van der Waals surface area contributed by atoms with Crippen molar-refractivity contribution in [1.82, 2.24) is 5.32 Å². The fourth-order valence-electron chi connectivity index (χ4n) is 1.07. The Hall–Kier alpha value is -1.26. The second-order valence-corrected chi connectivity index (χ2v) is 2.94. The lowest BCUT2D eigenvalue weighted by molar-refractivity contribution is -0.139. The summed E-state index contributed by atoms with van der Waals surface area (Å²) in [5, 5.41) is 15.0. The van der Waals surface area contributed by atoms with Crippen molar-refractivity contribution in [3.05, 3.63) is 10.4 Å². The highest BCUT2D eigenvalue weighted by Gasteiger charge is 2.14. The van der Waals surface area contributed by atoms with Gasteiger partial charge in [-0.15, -0.1) is 0 Å². The monoisotopic (exact) mass is 200 g/mol. The van der Waals surface area contributed by atoms with E-state index in [0.717, 1.165) is 6.42 Å². The molecule has 2 N–H and O–H groups in total. The van der Waals surface area contributed by atoms with Gasteiger partial charge in [0.2, 0.25) is 0 Å². The van der Waals surface area contributed by atoms with Crippen LogP contribution >= 0.6 is 0 Å². The van der Waals surface area contributed by atoms with Gasteiger partial charge in [-0.1, -0.05) is 18.5 Å². The Morgan fingerprint density at radius 3 is 2.93 bits per heavy atom. The smallest absolute Gasteiger partial charge is 0.320 e. The van der Waals surface area contributed by atoms with Crippen LogP contribution in [-0.2, 0) is 4.79 Å². The van der Waals surface area contributed by atoms with Crippen LogP contribution in [0.3, 0.4) is 0 Å². The van der Waals surface area contributed by atoms with Gasteiger partial charge in [0, 0.05) is 11.5 Å². The lowest BCUT2D eigenvalue weighted by Gasteiger charge is -2.12. The van der Waals surface area contributed by atoms with Crippen LogP contribution in [0.2, 0.25) is 0 Å². The molecule has 0 spiro atoms. The third-order valence-electron chi connectivity index (χ3n) is 1.76. The number of nitrogens with one attached hydrogen (secondary N) is 1. The number of azide groups is 1. The highest BCUT2D eigenvalue weighted by Crippen LogP contribution is 1.96. The minimum Gasteiger partial charge on any atom is -0.480 e. The molecular formula is C8H16N4O2. The van der Waals surface area contributed by atoms with Gasteiger partial charge in [0.25, 0.3) is 0 Å². The summed E-state index contributed by atoms with van der Waals surface area (Å²) in [4.78, 5) is 13.3. The van der Waals surface area contributed by atoms with Crippen LogP contribution < -0.4 is 5.32 Å². The second kappa shape index (κ2) is 8.34. The SMILES string of the molecule is CCCC(NCCCN=[N+]=[N-])C(=O)O. The third kappa shape index (κ3) is 6.28. The molecule has 0 aromatic carbocycles. The molecule has 0 aliphatic carbocycles. The van der Waals surface area contributed by atoms with Crippen molar-refractivity contribution in [2.75, 3.05) is 13.1 Å². The van der Waals surface area contributed by atoms with E-state index in [1.807, 2.05) is 6.92 Å². The Labute approximate surface area is 82.9 Å². The Morgan fingerprint density at radius 2 is 2.43 bits per heavy atom. The van der Waals surface area contributed by atoms with E-state index in [0.29, 0.717) is 25.9 Å². The van der Waals surface area contributed by atoms with Gasteiger partial charge in [-0.2, -0.15) is 0 Å². The number of carboxylic acid groups (broad SMARTS) is 1. The van der Waals surface area contributed by atoms with Crippen LogP contribution in [-0.4, -0.2) is 30.2 Å². The summed E-state index contributed by atoms with van der Waals surface area (Å²) < 4.78 is 0. The van der Waals surface area contributed by atoms with E-state index in [4.69, 9.17) is 10.6 Å². The average Bonchev–Trinajstić information content (AvgIpc) is 2.15. The first-order valence-electron chi connectivity index (χ1n) is 4.69. The van der Waals surface area contributed by atoms with Crippen molar-refractivity contribution in [2.45, 2.75) is 32.2 Å². The predicted molar refractivity (Wildman–Crippen MR) is 53.0 cm³/mol. The third-order valence-corrected chi connectivity index (χ3v) is 1.76. The predicted octanol–water partition coefficient (Wildman–Crippen LogP) is 1.53. The number of hydrogen-bond donors (Lipinski definition) is 2. The first-order chi connectivity index (χ1) is 6.72. The number of nitrogens with zero attached hydrogens (tertiary/aromatic N) is 3. The van der Waals surface area contributed by atoms with Crippen molar-refractivity contribution >= 4 is 5.97 Å². The van der Waals surface area contributed by atoms with Crippen molar-refractivity contribution < 1.29 is 9.90 Å². The fraction of sp³-hybridized carbons (Fsp3) is 0.875. The standard InChI is InChI=1S/C8H16N4O2/c1-2-4-7(8(13)14)10-5-3-6-11-12-9/h7,10H,2-6H2,1H3,(H,13,14). The Morgan fingerprint density at radius 1 is 1.71 bits per heavy atom. The molecule has 1 atom stereocenters. The van der Waals surface area contributed by atoms with Crippen LogP contribution in [0.25, 0.3) is 10.4 Å². The van der Waals surface area contributed by atoms with Crippen molar-refractivity contribution in [3.8, 4) is 0 Å². The van der Waals surface area contributed by atoms with E-state index in [1.165, 1.54) is 0 Å². The molecule has 14 heavy (non-hydrogen) atoms. The van der Waals surface area contributed by atoms with Gasteiger partial charge in [0.15, 0.2) is 0 Å². The Kier molecular flexibility index (Phi) is 7.59. The highest BCUT2D eigenvalue weighted by molar-refractivity contribution is 5.73. The number of aliphatic carboxylic acids is 1. The summed E-state index contributed by atoms with van der Waals surface area (Å²) in [6.07, 6.45) is 2.12. The Bertz CT molecular complexity index is 213. The van der Waals surface area contributed by atoms with Crippen molar-refractivity contribution in [1.29, 1.82) is 0 Å². The molecule has 0 aliphatic rings. The number of hydrogen-bond acceptors (Lipinski definition) is 3. The molecule has 0 rings (SSSR count). The van der Waals surface area contributed by atoms with E-state index >= 15 is 0 Å². The molecule has 0 aromatic rings. The van der Waals surface area contributed by atoms with Gasteiger partial charge in [0.1, 0.15) is 6.04 Å². The molecule has 0 amide bonds. The molecule has 0 saturated carbocycles. The zero-order chi connectivity index (χ0) is 10.8. The first kappa shape index (κ1) is 12.7. The maximum Gasteiger partial charge on any atom is 0.320 e. The van der Waals surface area contributed by atoms with Crippen molar-refractivity contribution in [2.24, 2.45) is 5.11 Å². The van der Waals surface area contributed by atoms with Gasteiger partial charge >= 0.3 is 5.97 Å². The molecule has 0 bridgehead atoms. The summed E-state index contributed by atoms with van der Waals surface area (Å²) in [5.74, 6) is -0.823. The van der Waals surface area contributed by atoms with Gasteiger partial charge in [-0.25, -0.2) is 0 Å². The maximum atomic E-state index is 10.7. The van der Waals surface area contributed by atoms with Gasteiger partial charge < -0.3 is 10.4 Å². The molecule has 0 fully saturated rings. The average molecular weight is 200 g/mol. The van der Waals surface area contributed by atoms with Gasteiger partial charge in [0.05, 0.1) is 0 Å². The zero-order valence-electron chi connectivity index (χ0n) is 8.31. The topological polar surface area (TPSA) is 98.1 Å². The lowest BCUT2D eigenvalue weighted by Crippen LogP contribution is -2.37. The van der Waals surface area contributed by atoms with E-state index < -0.39 is 12.0 Å². The molecule has 80 valence electrons. The normalized spacial score (nSPS) is 11.8. The molecular weight excluding hydrogens is 184 g/mol.